The van der Waals surface area contributed by atoms with Crippen LogP contribution in [0, 0.1) is 0 Å². The van der Waals surface area contributed by atoms with E-state index in [2.05, 4.69) is 15.9 Å². The molecule has 82 valence electrons. The molecule has 0 amide bonds. The summed E-state index contributed by atoms with van der Waals surface area (Å²) >= 11 is 9.60. The van der Waals surface area contributed by atoms with Crippen LogP contribution in [0.25, 0.3) is 0 Å². The third-order valence-corrected chi connectivity index (χ3v) is 4.43. The molecule has 1 aliphatic carbocycles. The lowest BCUT2D eigenvalue weighted by atomic mass is 9.80. The summed E-state index contributed by atoms with van der Waals surface area (Å²) in [6, 6.07) is 5.76. The number of benzene rings is 1. The molecule has 0 unspecified atom stereocenters. The summed E-state index contributed by atoms with van der Waals surface area (Å²) in [6.45, 7) is 0. The van der Waals surface area contributed by atoms with Gasteiger partial charge in [-0.3, -0.25) is 0 Å². The molecule has 3 heteroatoms. The predicted molar refractivity (Wildman–Crippen MR) is 66.1 cm³/mol. The average Bonchev–Trinajstić information content (AvgIpc) is 2.23. The van der Waals surface area contributed by atoms with Gasteiger partial charge in [0.25, 0.3) is 0 Å². The summed E-state index contributed by atoms with van der Waals surface area (Å²) in [5, 5.41) is 11.2. The Labute approximate surface area is 104 Å². The van der Waals surface area contributed by atoms with Crippen LogP contribution in [0.1, 0.15) is 37.7 Å². The Hall–Kier alpha value is -0.0500. The van der Waals surface area contributed by atoms with Gasteiger partial charge >= 0.3 is 0 Å². The lowest BCUT2D eigenvalue weighted by Crippen LogP contribution is -2.28. The summed E-state index contributed by atoms with van der Waals surface area (Å²) in [5.41, 5.74) is 0.164. The Morgan fingerprint density at radius 2 is 1.87 bits per heavy atom. The summed E-state index contributed by atoms with van der Waals surface area (Å²) < 4.78 is 0.862. The molecule has 0 radical (unpaired) electrons. The fraction of sp³-hybridized carbons (Fsp3) is 0.500. The van der Waals surface area contributed by atoms with Gasteiger partial charge in [-0.15, -0.1) is 0 Å². The molecular weight excluding hydrogens is 275 g/mol. The monoisotopic (exact) mass is 288 g/mol. The third-order valence-electron chi connectivity index (χ3n) is 3.13. The van der Waals surface area contributed by atoms with Crippen molar-refractivity contribution in [3.63, 3.8) is 0 Å². The lowest BCUT2D eigenvalue weighted by Gasteiger charge is -2.33. The standard InChI is InChI=1S/C12H14BrClO/c13-10-6-4-5-9(11(10)14)12(15)7-2-1-3-8-12/h4-6,15H,1-3,7-8H2. The zero-order chi connectivity index (χ0) is 10.9. The summed E-state index contributed by atoms with van der Waals surface area (Å²) in [5.74, 6) is 0. The van der Waals surface area contributed by atoms with Crippen LogP contribution in [0.3, 0.4) is 0 Å². The molecule has 0 spiro atoms. The molecule has 0 heterocycles. The normalized spacial score (nSPS) is 20.2. The third kappa shape index (κ3) is 2.22. The zero-order valence-electron chi connectivity index (χ0n) is 8.47. The van der Waals surface area contributed by atoms with E-state index in [0.717, 1.165) is 35.7 Å². The largest absolute Gasteiger partial charge is 0.385 e. The predicted octanol–water partition coefficient (Wildman–Crippen LogP) is 4.25. The Morgan fingerprint density at radius 1 is 1.20 bits per heavy atom. The van der Waals surface area contributed by atoms with Crippen molar-refractivity contribution in [1.82, 2.24) is 0 Å². The van der Waals surface area contributed by atoms with Crippen molar-refractivity contribution < 1.29 is 5.11 Å². The van der Waals surface area contributed by atoms with Crippen molar-refractivity contribution in [3.05, 3.63) is 33.3 Å². The minimum atomic E-state index is -0.709. The van der Waals surface area contributed by atoms with Crippen molar-refractivity contribution in [2.45, 2.75) is 37.7 Å². The molecule has 1 N–H and O–H groups in total. The van der Waals surface area contributed by atoms with Crippen LogP contribution < -0.4 is 0 Å². The smallest absolute Gasteiger partial charge is 0.0911 e. The van der Waals surface area contributed by atoms with Crippen LogP contribution in [0.5, 0.6) is 0 Å². The van der Waals surface area contributed by atoms with Gasteiger partial charge in [0.2, 0.25) is 0 Å². The molecular formula is C12H14BrClO. The van der Waals surface area contributed by atoms with E-state index in [1.54, 1.807) is 0 Å². The number of halogens is 2. The number of rotatable bonds is 1. The second kappa shape index (κ2) is 4.44. The van der Waals surface area contributed by atoms with Crippen LogP contribution in [0.15, 0.2) is 22.7 Å². The van der Waals surface area contributed by atoms with Gasteiger partial charge in [0.05, 0.1) is 10.6 Å². The molecule has 1 aliphatic rings. The van der Waals surface area contributed by atoms with Crippen molar-refractivity contribution >= 4 is 27.5 Å². The highest BCUT2D eigenvalue weighted by atomic mass is 79.9. The molecule has 0 atom stereocenters. The quantitative estimate of drug-likeness (QED) is 0.819. The van der Waals surface area contributed by atoms with Crippen molar-refractivity contribution in [3.8, 4) is 0 Å². The van der Waals surface area contributed by atoms with Crippen LogP contribution in [-0.4, -0.2) is 5.11 Å². The van der Waals surface area contributed by atoms with Gasteiger partial charge in [-0.1, -0.05) is 43.0 Å². The number of hydrogen-bond donors (Lipinski definition) is 1. The summed E-state index contributed by atoms with van der Waals surface area (Å²) in [7, 11) is 0. The molecule has 1 nitrogen and oxygen atoms in total. The van der Waals surface area contributed by atoms with Crippen LogP contribution in [0.4, 0.5) is 0 Å². The Kier molecular flexibility index (Phi) is 3.39. The molecule has 1 aromatic carbocycles. The topological polar surface area (TPSA) is 20.2 Å². The number of aliphatic hydroxyl groups is 1. The maximum atomic E-state index is 10.5. The van der Waals surface area contributed by atoms with Gasteiger partial charge in [-0.2, -0.15) is 0 Å². The van der Waals surface area contributed by atoms with Gasteiger partial charge in [0.1, 0.15) is 0 Å². The first-order chi connectivity index (χ1) is 7.13. The zero-order valence-corrected chi connectivity index (χ0v) is 10.8. The molecule has 1 saturated carbocycles. The summed E-state index contributed by atoms with van der Waals surface area (Å²) in [6.07, 6.45) is 5.03. The Balaban J connectivity index is 2.39. The van der Waals surface area contributed by atoms with E-state index in [-0.39, 0.29) is 0 Å². The van der Waals surface area contributed by atoms with Gasteiger partial charge in [-0.05, 0) is 34.8 Å². The van der Waals surface area contributed by atoms with Gasteiger partial charge in [-0.25, -0.2) is 0 Å². The second-order valence-corrected chi connectivity index (χ2v) is 5.43. The van der Waals surface area contributed by atoms with Crippen molar-refractivity contribution in [2.24, 2.45) is 0 Å². The maximum Gasteiger partial charge on any atom is 0.0911 e. The van der Waals surface area contributed by atoms with E-state index in [1.807, 2.05) is 18.2 Å². The van der Waals surface area contributed by atoms with Gasteiger partial charge in [0.15, 0.2) is 0 Å². The Bertz CT molecular complexity index is 359. The minimum Gasteiger partial charge on any atom is -0.385 e. The lowest BCUT2D eigenvalue weighted by molar-refractivity contribution is -0.000572. The van der Waals surface area contributed by atoms with E-state index in [0.29, 0.717) is 5.02 Å². The Morgan fingerprint density at radius 3 is 2.53 bits per heavy atom. The highest BCUT2D eigenvalue weighted by molar-refractivity contribution is 9.10. The van der Waals surface area contributed by atoms with Gasteiger partial charge < -0.3 is 5.11 Å². The fourth-order valence-electron chi connectivity index (χ4n) is 2.27. The maximum absolute atomic E-state index is 10.5. The molecule has 15 heavy (non-hydrogen) atoms. The van der Waals surface area contributed by atoms with Crippen LogP contribution in [0.2, 0.25) is 5.02 Å². The van der Waals surface area contributed by atoms with E-state index < -0.39 is 5.60 Å². The number of hydrogen-bond acceptors (Lipinski definition) is 1. The van der Waals surface area contributed by atoms with Crippen LogP contribution >= 0.6 is 27.5 Å². The average molecular weight is 290 g/mol. The molecule has 2 rings (SSSR count). The van der Waals surface area contributed by atoms with E-state index in [1.165, 1.54) is 6.42 Å². The first-order valence-electron chi connectivity index (χ1n) is 5.30. The van der Waals surface area contributed by atoms with Gasteiger partial charge in [0, 0.05) is 10.0 Å². The molecule has 0 bridgehead atoms. The summed E-state index contributed by atoms with van der Waals surface area (Å²) in [4.78, 5) is 0. The van der Waals surface area contributed by atoms with Crippen LogP contribution in [-0.2, 0) is 5.60 Å². The minimum absolute atomic E-state index is 0.655. The van der Waals surface area contributed by atoms with Crippen molar-refractivity contribution in [1.29, 1.82) is 0 Å². The second-order valence-electron chi connectivity index (χ2n) is 4.19. The first-order valence-corrected chi connectivity index (χ1v) is 6.47. The highest BCUT2D eigenvalue weighted by Gasteiger charge is 2.33. The molecule has 1 fully saturated rings. The van der Waals surface area contributed by atoms with E-state index >= 15 is 0 Å². The SMILES string of the molecule is OC1(c2cccc(Br)c2Cl)CCCCC1. The molecule has 1 aromatic rings. The van der Waals surface area contributed by atoms with E-state index in [9.17, 15) is 5.11 Å². The fourth-order valence-corrected chi connectivity index (χ4v) is 2.94. The molecule has 0 saturated heterocycles. The first kappa shape index (κ1) is 11.4. The molecule has 0 aliphatic heterocycles. The van der Waals surface area contributed by atoms with E-state index in [4.69, 9.17) is 11.6 Å². The van der Waals surface area contributed by atoms with Crippen molar-refractivity contribution in [2.75, 3.05) is 0 Å². The molecule has 0 aromatic heterocycles. The highest BCUT2D eigenvalue weighted by Crippen LogP contribution is 2.41.